The molecule has 7 heteroatoms. The van der Waals surface area contributed by atoms with Gasteiger partial charge in [0.2, 0.25) is 11.8 Å². The van der Waals surface area contributed by atoms with E-state index < -0.39 is 4.92 Å². The van der Waals surface area contributed by atoms with Gasteiger partial charge >= 0.3 is 5.69 Å². The highest BCUT2D eigenvalue weighted by Gasteiger charge is 2.29. The molecule has 0 saturated heterocycles. The summed E-state index contributed by atoms with van der Waals surface area (Å²) in [6, 6.07) is 0. The lowest BCUT2D eigenvalue weighted by Crippen LogP contribution is -2.28. The van der Waals surface area contributed by atoms with Gasteiger partial charge in [-0.3, -0.25) is 10.1 Å². The number of nitro groups is 1. The van der Waals surface area contributed by atoms with Gasteiger partial charge in [-0.15, -0.1) is 0 Å². The van der Waals surface area contributed by atoms with Crippen molar-refractivity contribution in [3.8, 4) is 0 Å². The van der Waals surface area contributed by atoms with Gasteiger partial charge in [-0.2, -0.15) is 4.98 Å². The van der Waals surface area contributed by atoms with Crippen LogP contribution in [0.4, 0.5) is 17.5 Å². The van der Waals surface area contributed by atoms with Crippen LogP contribution in [0.2, 0.25) is 0 Å². The zero-order valence-electron chi connectivity index (χ0n) is 12.0. The summed E-state index contributed by atoms with van der Waals surface area (Å²) in [7, 11) is 0. The van der Waals surface area contributed by atoms with Crippen LogP contribution in [-0.2, 0) is 0 Å². The van der Waals surface area contributed by atoms with E-state index in [1.807, 2.05) is 11.8 Å². The van der Waals surface area contributed by atoms with Gasteiger partial charge in [-0.1, -0.05) is 6.92 Å². The summed E-state index contributed by atoms with van der Waals surface area (Å²) >= 11 is 0. The summed E-state index contributed by atoms with van der Waals surface area (Å²) < 4.78 is 0. The van der Waals surface area contributed by atoms with E-state index in [1.54, 1.807) is 0 Å². The summed E-state index contributed by atoms with van der Waals surface area (Å²) in [5, 5.41) is 14.2. The number of rotatable bonds is 8. The molecule has 0 aromatic carbocycles. The summed E-state index contributed by atoms with van der Waals surface area (Å²) in [6.07, 6.45) is 4.65. The average molecular weight is 279 g/mol. The monoisotopic (exact) mass is 279 g/mol. The second-order valence-electron chi connectivity index (χ2n) is 5.08. The summed E-state index contributed by atoms with van der Waals surface area (Å²) in [4.78, 5) is 21.1. The van der Waals surface area contributed by atoms with Gasteiger partial charge in [-0.25, -0.2) is 4.98 Å². The molecule has 1 saturated carbocycles. The van der Waals surface area contributed by atoms with Crippen LogP contribution in [0.15, 0.2) is 6.20 Å². The topological polar surface area (TPSA) is 84.2 Å². The Labute approximate surface area is 118 Å². The Morgan fingerprint density at radius 2 is 2.25 bits per heavy atom. The van der Waals surface area contributed by atoms with Gasteiger partial charge in [0.15, 0.2) is 0 Å². The molecule has 1 aliphatic carbocycles. The molecule has 1 aromatic rings. The lowest BCUT2D eigenvalue weighted by Gasteiger charge is -2.23. The van der Waals surface area contributed by atoms with Crippen LogP contribution in [-0.4, -0.2) is 34.5 Å². The van der Waals surface area contributed by atoms with E-state index >= 15 is 0 Å². The van der Waals surface area contributed by atoms with E-state index in [9.17, 15) is 10.1 Å². The molecule has 1 heterocycles. The fourth-order valence-electron chi connectivity index (χ4n) is 2.14. The number of hydrogen-bond donors (Lipinski definition) is 1. The van der Waals surface area contributed by atoms with Crippen LogP contribution < -0.4 is 10.2 Å². The van der Waals surface area contributed by atoms with Crippen molar-refractivity contribution in [3.05, 3.63) is 16.3 Å². The van der Waals surface area contributed by atoms with E-state index in [2.05, 4.69) is 22.2 Å². The first-order valence-electron chi connectivity index (χ1n) is 7.16. The first kappa shape index (κ1) is 14.5. The summed E-state index contributed by atoms with van der Waals surface area (Å²) in [5.74, 6) is 1.54. The summed E-state index contributed by atoms with van der Waals surface area (Å²) in [6.45, 7) is 6.32. The van der Waals surface area contributed by atoms with Gasteiger partial charge in [0.05, 0.1) is 4.92 Å². The summed E-state index contributed by atoms with van der Waals surface area (Å²) in [5.41, 5.74) is -0.0132. The van der Waals surface area contributed by atoms with Gasteiger partial charge in [-0.05, 0) is 32.1 Å². The molecule has 2 rings (SSSR count). The highest BCUT2D eigenvalue weighted by atomic mass is 16.6. The van der Waals surface area contributed by atoms with E-state index in [0.717, 1.165) is 19.5 Å². The number of hydrogen-bond acceptors (Lipinski definition) is 6. The normalized spacial score (nSPS) is 14.1. The second kappa shape index (κ2) is 6.49. The fourth-order valence-corrected chi connectivity index (χ4v) is 2.14. The maximum absolute atomic E-state index is 11.2. The molecule has 0 atom stereocenters. The maximum atomic E-state index is 11.2. The van der Waals surface area contributed by atoms with Crippen LogP contribution in [0.3, 0.4) is 0 Å². The first-order chi connectivity index (χ1) is 9.65. The Morgan fingerprint density at radius 3 is 2.80 bits per heavy atom. The third-order valence-corrected chi connectivity index (χ3v) is 3.25. The highest BCUT2D eigenvalue weighted by Crippen LogP contribution is 2.33. The van der Waals surface area contributed by atoms with Gasteiger partial charge < -0.3 is 10.2 Å². The van der Waals surface area contributed by atoms with Crippen molar-refractivity contribution in [2.75, 3.05) is 29.9 Å². The first-order valence-corrected chi connectivity index (χ1v) is 7.16. The quantitative estimate of drug-likeness (QED) is 0.581. The fraction of sp³-hybridized carbons (Fsp3) is 0.692. The van der Waals surface area contributed by atoms with Crippen LogP contribution >= 0.6 is 0 Å². The zero-order chi connectivity index (χ0) is 14.5. The SMILES string of the molecule is CCCN(CC1CC1)c1nc(NCC)ncc1[N+](=O)[O-]. The number of nitrogens with zero attached hydrogens (tertiary/aromatic N) is 4. The van der Waals surface area contributed by atoms with Crippen molar-refractivity contribution < 1.29 is 4.92 Å². The minimum atomic E-state index is -0.402. The van der Waals surface area contributed by atoms with Crippen LogP contribution in [0.5, 0.6) is 0 Å². The number of nitrogens with one attached hydrogen (secondary N) is 1. The Balaban J connectivity index is 2.31. The van der Waals surface area contributed by atoms with E-state index in [4.69, 9.17) is 0 Å². The standard InChI is InChI=1S/C13H21N5O2/c1-3-7-17(9-10-5-6-10)12-11(18(19)20)8-15-13(16-12)14-4-2/h8,10H,3-7,9H2,1-2H3,(H,14,15,16). The van der Waals surface area contributed by atoms with Crippen LogP contribution in [0, 0.1) is 16.0 Å². The third kappa shape index (κ3) is 3.55. The average Bonchev–Trinajstić information content (AvgIpc) is 3.22. The minimum Gasteiger partial charge on any atom is -0.354 e. The zero-order valence-corrected chi connectivity index (χ0v) is 12.0. The number of anilines is 2. The molecule has 0 aliphatic heterocycles. The third-order valence-electron chi connectivity index (χ3n) is 3.25. The van der Waals surface area contributed by atoms with Crippen LogP contribution in [0.1, 0.15) is 33.1 Å². The maximum Gasteiger partial charge on any atom is 0.329 e. The molecule has 0 bridgehead atoms. The Hall–Kier alpha value is -1.92. The molecule has 7 nitrogen and oxygen atoms in total. The van der Waals surface area contributed by atoms with Gasteiger partial charge in [0.25, 0.3) is 0 Å². The lowest BCUT2D eigenvalue weighted by molar-refractivity contribution is -0.384. The molecular weight excluding hydrogens is 258 g/mol. The largest absolute Gasteiger partial charge is 0.354 e. The van der Waals surface area contributed by atoms with E-state index in [1.165, 1.54) is 19.0 Å². The predicted molar refractivity (Wildman–Crippen MR) is 78.1 cm³/mol. The van der Waals surface area contributed by atoms with Gasteiger partial charge in [0.1, 0.15) is 6.20 Å². The Morgan fingerprint density at radius 1 is 1.50 bits per heavy atom. The number of aromatic nitrogens is 2. The molecule has 1 aliphatic rings. The van der Waals surface area contributed by atoms with Crippen molar-refractivity contribution in [3.63, 3.8) is 0 Å². The van der Waals surface area contributed by atoms with Gasteiger partial charge in [0, 0.05) is 19.6 Å². The minimum absolute atomic E-state index is 0.0132. The molecule has 1 fully saturated rings. The molecule has 110 valence electrons. The van der Waals surface area contributed by atoms with Crippen molar-refractivity contribution in [2.45, 2.75) is 33.1 Å². The van der Waals surface area contributed by atoms with Crippen molar-refractivity contribution in [1.82, 2.24) is 9.97 Å². The van der Waals surface area contributed by atoms with Crippen molar-refractivity contribution in [1.29, 1.82) is 0 Å². The second-order valence-corrected chi connectivity index (χ2v) is 5.08. The molecule has 20 heavy (non-hydrogen) atoms. The molecular formula is C13H21N5O2. The Kier molecular flexibility index (Phi) is 4.70. The predicted octanol–water partition coefficient (Wildman–Crippen LogP) is 2.44. The van der Waals surface area contributed by atoms with Crippen molar-refractivity contribution >= 4 is 17.5 Å². The van der Waals surface area contributed by atoms with E-state index in [0.29, 0.717) is 24.2 Å². The molecule has 0 spiro atoms. The van der Waals surface area contributed by atoms with E-state index in [-0.39, 0.29) is 5.69 Å². The van der Waals surface area contributed by atoms with Crippen LogP contribution in [0.25, 0.3) is 0 Å². The molecule has 0 amide bonds. The smallest absolute Gasteiger partial charge is 0.329 e. The molecule has 1 N–H and O–H groups in total. The van der Waals surface area contributed by atoms with Crippen molar-refractivity contribution in [2.24, 2.45) is 5.92 Å². The lowest BCUT2D eigenvalue weighted by atomic mass is 10.3. The molecule has 0 unspecified atom stereocenters. The highest BCUT2D eigenvalue weighted by molar-refractivity contribution is 5.59. The molecule has 0 radical (unpaired) electrons. The molecule has 1 aromatic heterocycles. The Bertz CT molecular complexity index is 476.